The van der Waals surface area contributed by atoms with Crippen LogP contribution in [-0.2, 0) is 21.8 Å². The normalized spacial score (nSPS) is 17.8. The zero-order valence-corrected chi connectivity index (χ0v) is 27.5. The van der Waals surface area contributed by atoms with Crippen molar-refractivity contribution in [2.75, 3.05) is 32.2 Å². The number of aromatic nitrogens is 2. The number of nitrogen functional groups attached to an aromatic ring is 1. The summed E-state index contributed by atoms with van der Waals surface area (Å²) in [4.78, 5) is 10.6. The van der Waals surface area contributed by atoms with E-state index in [1.165, 1.54) is 36.4 Å². The molecule has 2 aromatic heterocycles. The molecule has 14 heteroatoms. The number of nitrogens with zero attached hydrogens (tertiary/aromatic N) is 3. The Balaban J connectivity index is 0.000000162. The Morgan fingerprint density at radius 1 is 0.635 bits per heavy atom. The van der Waals surface area contributed by atoms with Gasteiger partial charge in [0.1, 0.15) is 0 Å². The highest BCUT2D eigenvalue weighted by Crippen LogP contribution is 2.39. The van der Waals surface area contributed by atoms with E-state index in [-0.39, 0.29) is 17.8 Å². The van der Waals surface area contributed by atoms with E-state index in [4.69, 9.17) is 15.2 Å². The number of anilines is 1. The molecule has 4 aromatic carbocycles. The number of nitro groups is 1. The summed E-state index contributed by atoms with van der Waals surface area (Å²) in [5.74, 6) is 0. The maximum atomic E-state index is 12.8. The quantitative estimate of drug-likeness (QED) is 0.0827. The molecular formula is C38H32F6N4O4. The van der Waals surface area contributed by atoms with Crippen molar-refractivity contribution in [2.45, 2.75) is 37.3 Å². The summed E-state index contributed by atoms with van der Waals surface area (Å²) >= 11 is 0. The molecule has 52 heavy (non-hydrogen) atoms. The number of hydrogen-bond donors (Lipinski definition) is 1. The SMILES string of the molecule is Nc1ccc2c(c1)cc(-c1ccc(C(F)(F)F)cc1)n2[C@H]1CCOC1.O=[N+]([O-])c1ccc2c(c1)cc(-c1ccc(C(F)(F)F)cc1)n2[C@H]1CCOC1. The second-order valence-electron chi connectivity index (χ2n) is 12.8. The van der Waals surface area contributed by atoms with Gasteiger partial charge in [-0.1, -0.05) is 24.3 Å². The van der Waals surface area contributed by atoms with Gasteiger partial charge in [-0.15, -0.1) is 0 Å². The van der Waals surface area contributed by atoms with Gasteiger partial charge in [-0.2, -0.15) is 26.3 Å². The first kappa shape index (κ1) is 35.1. The van der Waals surface area contributed by atoms with Gasteiger partial charge in [-0.05, 0) is 84.6 Å². The van der Waals surface area contributed by atoms with Crippen LogP contribution < -0.4 is 5.73 Å². The summed E-state index contributed by atoms with van der Waals surface area (Å²) in [6, 6.07) is 24.5. The van der Waals surface area contributed by atoms with Crippen molar-refractivity contribution < 1.29 is 40.7 Å². The number of hydrogen-bond acceptors (Lipinski definition) is 5. The minimum atomic E-state index is -4.40. The average molecular weight is 723 g/mol. The number of alkyl halides is 6. The molecule has 270 valence electrons. The Hall–Kier alpha value is -5.34. The maximum absolute atomic E-state index is 12.8. The van der Waals surface area contributed by atoms with Gasteiger partial charge in [-0.3, -0.25) is 10.1 Å². The van der Waals surface area contributed by atoms with Crippen LogP contribution in [0.25, 0.3) is 44.3 Å². The van der Waals surface area contributed by atoms with E-state index in [1.807, 2.05) is 28.8 Å². The minimum absolute atomic E-state index is 0.0266. The van der Waals surface area contributed by atoms with Gasteiger partial charge in [0, 0.05) is 64.2 Å². The summed E-state index contributed by atoms with van der Waals surface area (Å²) in [6.07, 6.45) is -7.08. The van der Waals surface area contributed by atoms with Crippen molar-refractivity contribution in [3.05, 3.63) is 118 Å². The molecular weight excluding hydrogens is 690 g/mol. The molecule has 4 heterocycles. The summed E-state index contributed by atoms with van der Waals surface area (Å²) in [5, 5.41) is 12.7. The van der Waals surface area contributed by atoms with Crippen LogP contribution in [0.15, 0.2) is 97.1 Å². The molecule has 8 rings (SSSR count). The third-order valence-electron chi connectivity index (χ3n) is 9.45. The number of nitro benzene ring substituents is 1. The summed E-state index contributed by atoms with van der Waals surface area (Å²) in [6.45, 7) is 2.38. The maximum Gasteiger partial charge on any atom is 0.416 e. The molecule has 8 nitrogen and oxygen atoms in total. The van der Waals surface area contributed by atoms with Gasteiger partial charge < -0.3 is 24.3 Å². The predicted octanol–water partition coefficient (Wildman–Crippen LogP) is 10.1. The number of halogens is 6. The number of nitrogens with two attached hydrogens (primary N) is 1. The lowest BCUT2D eigenvalue weighted by Gasteiger charge is -2.17. The summed E-state index contributed by atoms with van der Waals surface area (Å²) < 4.78 is 92.2. The molecule has 2 fully saturated rings. The Morgan fingerprint density at radius 2 is 1.08 bits per heavy atom. The lowest BCUT2D eigenvalue weighted by Crippen LogP contribution is -2.10. The van der Waals surface area contributed by atoms with E-state index in [0.717, 1.165) is 70.5 Å². The topological polar surface area (TPSA) is 97.5 Å². The first-order chi connectivity index (χ1) is 24.8. The van der Waals surface area contributed by atoms with Crippen LogP contribution in [0.4, 0.5) is 37.7 Å². The van der Waals surface area contributed by atoms with Crippen LogP contribution in [0.5, 0.6) is 0 Å². The van der Waals surface area contributed by atoms with Gasteiger partial charge in [0.25, 0.3) is 5.69 Å². The fourth-order valence-corrected chi connectivity index (χ4v) is 6.93. The van der Waals surface area contributed by atoms with Crippen LogP contribution in [-0.4, -0.2) is 40.5 Å². The zero-order valence-electron chi connectivity index (χ0n) is 27.5. The van der Waals surface area contributed by atoms with Crippen LogP contribution >= 0.6 is 0 Å². The number of fused-ring (bicyclic) bond motifs is 2. The molecule has 2 atom stereocenters. The van der Waals surface area contributed by atoms with Crippen molar-refractivity contribution in [3.8, 4) is 22.5 Å². The van der Waals surface area contributed by atoms with Crippen LogP contribution in [0.2, 0.25) is 0 Å². The fraction of sp³-hybridized carbons (Fsp3) is 0.263. The van der Waals surface area contributed by atoms with E-state index in [2.05, 4.69) is 4.57 Å². The molecule has 2 N–H and O–H groups in total. The highest BCUT2D eigenvalue weighted by Gasteiger charge is 2.32. The average Bonchev–Trinajstić information content (AvgIpc) is 3.93. The second-order valence-corrected chi connectivity index (χ2v) is 12.8. The molecule has 0 unspecified atom stereocenters. The fourth-order valence-electron chi connectivity index (χ4n) is 6.93. The van der Waals surface area contributed by atoms with Crippen molar-refractivity contribution >= 4 is 33.2 Å². The Bertz CT molecular complexity index is 2230. The summed E-state index contributed by atoms with van der Waals surface area (Å²) in [7, 11) is 0. The molecule has 6 aromatic rings. The minimum Gasteiger partial charge on any atom is -0.399 e. The molecule has 0 saturated carbocycles. The molecule has 0 radical (unpaired) electrons. The molecule has 2 aliphatic heterocycles. The van der Waals surface area contributed by atoms with Crippen molar-refractivity contribution in [1.82, 2.24) is 9.13 Å². The van der Waals surface area contributed by atoms with Gasteiger partial charge in [0.15, 0.2) is 0 Å². The van der Waals surface area contributed by atoms with Gasteiger partial charge in [0.05, 0.1) is 41.3 Å². The van der Waals surface area contributed by atoms with E-state index in [9.17, 15) is 36.5 Å². The second kappa shape index (κ2) is 13.7. The largest absolute Gasteiger partial charge is 0.416 e. The smallest absolute Gasteiger partial charge is 0.399 e. The first-order valence-corrected chi connectivity index (χ1v) is 16.5. The number of non-ortho nitro benzene ring substituents is 1. The van der Waals surface area contributed by atoms with Gasteiger partial charge in [-0.25, -0.2) is 0 Å². The van der Waals surface area contributed by atoms with Gasteiger partial charge in [0.2, 0.25) is 0 Å². The number of ether oxygens (including phenoxy) is 2. The lowest BCUT2D eigenvalue weighted by molar-refractivity contribution is -0.384. The molecule has 2 aliphatic rings. The highest BCUT2D eigenvalue weighted by atomic mass is 19.4. The Kier molecular flexibility index (Phi) is 9.21. The van der Waals surface area contributed by atoms with Crippen LogP contribution in [0.1, 0.15) is 36.1 Å². The molecule has 2 saturated heterocycles. The lowest BCUT2D eigenvalue weighted by atomic mass is 10.1. The zero-order chi connectivity index (χ0) is 36.8. The molecule has 0 amide bonds. The first-order valence-electron chi connectivity index (χ1n) is 16.5. The third kappa shape index (κ3) is 6.95. The number of rotatable bonds is 5. The van der Waals surface area contributed by atoms with Crippen molar-refractivity contribution in [2.24, 2.45) is 0 Å². The van der Waals surface area contributed by atoms with Crippen molar-refractivity contribution in [3.63, 3.8) is 0 Å². The van der Waals surface area contributed by atoms with E-state index < -0.39 is 28.4 Å². The van der Waals surface area contributed by atoms with E-state index in [0.29, 0.717) is 43.1 Å². The predicted molar refractivity (Wildman–Crippen MR) is 185 cm³/mol. The van der Waals surface area contributed by atoms with Crippen LogP contribution in [0.3, 0.4) is 0 Å². The van der Waals surface area contributed by atoms with E-state index in [1.54, 1.807) is 12.1 Å². The molecule has 0 aliphatic carbocycles. The van der Waals surface area contributed by atoms with Gasteiger partial charge >= 0.3 is 12.4 Å². The van der Waals surface area contributed by atoms with Crippen LogP contribution in [0, 0.1) is 10.1 Å². The monoisotopic (exact) mass is 722 g/mol. The standard InChI is InChI=1S/C19H15F3N2O3.C19H17F3N2O/c20-19(21,22)14-3-1-12(2-4-14)18-10-13-9-15(24(25)26)5-6-17(13)23(18)16-7-8-27-11-16;20-19(21,22)14-3-1-12(2-4-14)18-10-13-9-15(23)5-6-17(13)24(18)16-7-8-25-11-16/h1-6,9-10,16H,7-8,11H2;1-6,9-10,16H,7-8,11,23H2/t2*16-/m00/s1. The number of benzene rings is 4. The summed E-state index contributed by atoms with van der Waals surface area (Å²) in [5.41, 5.74) is 9.93. The Morgan fingerprint density at radius 3 is 1.48 bits per heavy atom. The molecule has 0 spiro atoms. The van der Waals surface area contributed by atoms with Crippen molar-refractivity contribution in [1.29, 1.82) is 0 Å². The molecule has 0 bridgehead atoms. The third-order valence-corrected chi connectivity index (χ3v) is 9.45. The Labute approximate surface area is 293 Å². The van der Waals surface area contributed by atoms with E-state index >= 15 is 0 Å². The highest BCUT2D eigenvalue weighted by molar-refractivity contribution is 5.90.